The Hall–Kier alpha value is -2.75. The van der Waals surface area contributed by atoms with E-state index in [1.54, 1.807) is 12.1 Å². The van der Waals surface area contributed by atoms with Crippen LogP contribution in [0.15, 0.2) is 42.5 Å². The lowest BCUT2D eigenvalue weighted by Crippen LogP contribution is -1.99. The maximum Gasteiger partial charge on any atom is 0.122 e. The zero-order valence-electron chi connectivity index (χ0n) is 16.0. The minimum absolute atomic E-state index is 0.234. The van der Waals surface area contributed by atoms with Crippen LogP contribution in [0.2, 0.25) is 0 Å². The lowest BCUT2D eigenvalue weighted by atomic mass is 9.90. The predicted octanol–water partition coefficient (Wildman–Crippen LogP) is 5.41. The highest BCUT2D eigenvalue weighted by molar-refractivity contribution is 5.71. The van der Waals surface area contributed by atoms with Crippen molar-refractivity contribution in [1.82, 2.24) is 9.78 Å². The largest absolute Gasteiger partial charge is 0.508 e. The highest BCUT2D eigenvalue weighted by Gasteiger charge is 2.18. The third-order valence-electron chi connectivity index (χ3n) is 4.75. The summed E-state index contributed by atoms with van der Waals surface area (Å²) in [5.74, 6) is 1.11. The Kier molecular flexibility index (Phi) is 4.77. The molecular weight excluding hydrogens is 324 g/mol. The fraction of sp³-hybridized carbons (Fsp3) is 0.318. The average molecular weight is 350 g/mol. The fourth-order valence-corrected chi connectivity index (χ4v) is 3.22. The Morgan fingerprint density at radius 2 is 1.35 bits per heavy atom. The van der Waals surface area contributed by atoms with Crippen molar-refractivity contribution in [3.8, 4) is 34.0 Å². The summed E-state index contributed by atoms with van der Waals surface area (Å²) in [6, 6.07) is 13.2. The van der Waals surface area contributed by atoms with Gasteiger partial charge in [-0.15, -0.1) is 0 Å². The number of phenols is 2. The highest BCUT2D eigenvalue weighted by atomic mass is 16.3. The highest BCUT2D eigenvalue weighted by Crippen LogP contribution is 2.38. The first-order valence-electron chi connectivity index (χ1n) is 8.98. The molecule has 0 aliphatic heterocycles. The van der Waals surface area contributed by atoms with Crippen LogP contribution in [0.5, 0.6) is 11.5 Å². The van der Waals surface area contributed by atoms with Crippen molar-refractivity contribution in [2.75, 3.05) is 0 Å². The number of aromatic nitrogens is 2. The maximum absolute atomic E-state index is 10.6. The van der Waals surface area contributed by atoms with E-state index < -0.39 is 0 Å². The van der Waals surface area contributed by atoms with E-state index in [4.69, 9.17) is 0 Å². The van der Waals surface area contributed by atoms with Gasteiger partial charge in [-0.2, -0.15) is 5.10 Å². The van der Waals surface area contributed by atoms with Gasteiger partial charge < -0.3 is 10.2 Å². The third kappa shape index (κ3) is 3.32. The van der Waals surface area contributed by atoms with Crippen molar-refractivity contribution < 1.29 is 10.2 Å². The number of hydrogen-bond donors (Lipinski definition) is 2. The number of rotatable bonds is 4. The molecular formula is C22H26N2O2. The van der Waals surface area contributed by atoms with E-state index in [2.05, 4.69) is 44.9 Å². The molecule has 1 heterocycles. The zero-order valence-corrected chi connectivity index (χ0v) is 16.0. The smallest absolute Gasteiger partial charge is 0.122 e. The molecule has 2 aromatic carbocycles. The Morgan fingerprint density at radius 1 is 0.808 bits per heavy atom. The monoisotopic (exact) mass is 350 g/mol. The summed E-state index contributed by atoms with van der Waals surface area (Å²) in [4.78, 5) is 0. The molecule has 0 saturated carbocycles. The Labute approximate surface area is 154 Å². The van der Waals surface area contributed by atoms with E-state index in [-0.39, 0.29) is 17.6 Å². The van der Waals surface area contributed by atoms with Crippen LogP contribution in [-0.4, -0.2) is 20.0 Å². The lowest BCUT2D eigenvalue weighted by Gasteiger charge is -2.17. The van der Waals surface area contributed by atoms with Crippen molar-refractivity contribution in [3.05, 3.63) is 53.6 Å². The van der Waals surface area contributed by atoms with Crippen molar-refractivity contribution in [2.24, 2.45) is 7.05 Å². The quantitative estimate of drug-likeness (QED) is 0.661. The molecule has 2 N–H and O–H groups in total. The molecule has 0 unspecified atom stereocenters. The van der Waals surface area contributed by atoms with Gasteiger partial charge in [0.15, 0.2) is 0 Å². The summed E-state index contributed by atoms with van der Waals surface area (Å²) >= 11 is 0. The van der Waals surface area contributed by atoms with Crippen LogP contribution in [-0.2, 0) is 7.05 Å². The molecule has 0 fully saturated rings. The van der Waals surface area contributed by atoms with Gasteiger partial charge in [0, 0.05) is 18.2 Å². The van der Waals surface area contributed by atoms with Gasteiger partial charge in [-0.25, -0.2) is 0 Å². The number of aryl methyl sites for hydroxylation is 1. The minimum Gasteiger partial charge on any atom is -0.508 e. The van der Waals surface area contributed by atoms with Gasteiger partial charge in [0.05, 0.1) is 11.4 Å². The summed E-state index contributed by atoms with van der Waals surface area (Å²) in [5, 5.41) is 24.7. The van der Waals surface area contributed by atoms with Gasteiger partial charge in [0.25, 0.3) is 0 Å². The molecule has 136 valence electrons. The molecule has 0 aliphatic carbocycles. The van der Waals surface area contributed by atoms with Gasteiger partial charge in [-0.05, 0) is 65.4 Å². The van der Waals surface area contributed by atoms with Crippen LogP contribution >= 0.6 is 0 Å². The fourth-order valence-electron chi connectivity index (χ4n) is 3.22. The number of hydrogen-bond acceptors (Lipinski definition) is 3. The van der Waals surface area contributed by atoms with Crippen LogP contribution in [0.25, 0.3) is 22.5 Å². The zero-order chi connectivity index (χ0) is 19.0. The molecule has 0 bridgehead atoms. The van der Waals surface area contributed by atoms with Gasteiger partial charge in [-0.3, -0.25) is 4.68 Å². The topological polar surface area (TPSA) is 58.3 Å². The van der Waals surface area contributed by atoms with Crippen LogP contribution in [0.3, 0.4) is 0 Å². The second kappa shape index (κ2) is 6.87. The molecule has 0 saturated heterocycles. The molecule has 1 aromatic heterocycles. The molecule has 0 amide bonds. The minimum atomic E-state index is 0.234. The number of phenolic OH excluding ortho intramolecular Hbond substituents is 2. The first-order valence-corrected chi connectivity index (χ1v) is 8.98. The van der Waals surface area contributed by atoms with Crippen molar-refractivity contribution >= 4 is 0 Å². The number of nitrogens with zero attached hydrogens (tertiary/aromatic N) is 2. The van der Waals surface area contributed by atoms with Gasteiger partial charge in [-0.1, -0.05) is 27.7 Å². The summed E-state index contributed by atoms with van der Waals surface area (Å²) < 4.78 is 1.86. The SMILES string of the molecule is CC(C)c1cc(-c2cc(-c3ccc(O)cc3)nn2C)cc(C(C)C)c1O. The van der Waals surface area contributed by atoms with E-state index in [0.29, 0.717) is 5.75 Å². The number of aromatic hydroxyl groups is 2. The van der Waals surface area contributed by atoms with Crippen LogP contribution in [0, 0.1) is 0 Å². The standard InChI is InChI=1S/C22H26N2O2/c1-13(2)18-10-16(11-19(14(3)4)22(18)26)21-12-20(23-24(21)5)15-6-8-17(25)9-7-15/h6-14,25-26H,1-5H3. The van der Waals surface area contributed by atoms with E-state index in [0.717, 1.165) is 33.6 Å². The van der Waals surface area contributed by atoms with Crippen LogP contribution < -0.4 is 0 Å². The molecule has 0 radical (unpaired) electrons. The molecule has 0 aliphatic rings. The second-order valence-corrected chi connectivity index (χ2v) is 7.40. The molecule has 4 heteroatoms. The molecule has 3 aromatic rings. The summed E-state index contributed by atoms with van der Waals surface area (Å²) in [5.41, 5.74) is 5.77. The average Bonchev–Trinajstić information content (AvgIpc) is 2.97. The van der Waals surface area contributed by atoms with Crippen LogP contribution in [0.4, 0.5) is 0 Å². The maximum atomic E-state index is 10.6. The van der Waals surface area contributed by atoms with E-state index in [1.165, 1.54) is 0 Å². The Morgan fingerprint density at radius 3 is 1.85 bits per heavy atom. The Balaban J connectivity index is 2.13. The van der Waals surface area contributed by atoms with Crippen molar-refractivity contribution in [3.63, 3.8) is 0 Å². The molecule has 0 spiro atoms. The molecule has 26 heavy (non-hydrogen) atoms. The molecule has 3 rings (SSSR count). The normalized spacial score (nSPS) is 11.5. The number of benzene rings is 2. The molecule has 4 nitrogen and oxygen atoms in total. The Bertz CT molecular complexity index is 893. The van der Waals surface area contributed by atoms with Crippen LogP contribution in [0.1, 0.15) is 50.7 Å². The van der Waals surface area contributed by atoms with E-state index >= 15 is 0 Å². The first kappa shape index (κ1) is 18.1. The summed E-state index contributed by atoms with van der Waals surface area (Å²) in [6.07, 6.45) is 0. The molecule has 0 atom stereocenters. The van der Waals surface area contributed by atoms with Gasteiger partial charge in [0.2, 0.25) is 0 Å². The predicted molar refractivity (Wildman–Crippen MR) is 106 cm³/mol. The first-order chi connectivity index (χ1) is 12.3. The third-order valence-corrected chi connectivity index (χ3v) is 4.75. The van der Waals surface area contributed by atoms with E-state index in [1.807, 2.05) is 29.9 Å². The van der Waals surface area contributed by atoms with Gasteiger partial charge >= 0.3 is 0 Å². The summed E-state index contributed by atoms with van der Waals surface area (Å²) in [6.45, 7) is 8.37. The van der Waals surface area contributed by atoms with Gasteiger partial charge in [0.1, 0.15) is 11.5 Å². The van der Waals surface area contributed by atoms with E-state index in [9.17, 15) is 10.2 Å². The summed E-state index contributed by atoms with van der Waals surface area (Å²) in [7, 11) is 1.93. The second-order valence-electron chi connectivity index (χ2n) is 7.40. The van der Waals surface area contributed by atoms with Crippen molar-refractivity contribution in [1.29, 1.82) is 0 Å². The van der Waals surface area contributed by atoms with Crippen molar-refractivity contribution in [2.45, 2.75) is 39.5 Å². The lowest BCUT2D eigenvalue weighted by molar-refractivity contribution is 0.454.